The Kier molecular flexibility index (Phi) is 2.35. The number of nitrogens with one attached hydrogen (secondary N) is 1. The number of carbonyl (C=O) groups excluding carboxylic acids is 1. The lowest BCUT2D eigenvalue weighted by atomic mass is 9.54. The zero-order valence-corrected chi connectivity index (χ0v) is 9.86. The Balaban J connectivity index is 1.70. The van der Waals surface area contributed by atoms with E-state index in [1.54, 1.807) is 7.05 Å². The molecule has 0 radical (unpaired) electrons. The van der Waals surface area contributed by atoms with Crippen molar-refractivity contribution < 1.29 is 4.79 Å². The lowest BCUT2D eigenvalue weighted by Gasteiger charge is -2.54. The van der Waals surface area contributed by atoms with Gasteiger partial charge in [0, 0.05) is 13.1 Å². The molecule has 0 unspecified atom stereocenters. The summed E-state index contributed by atoms with van der Waals surface area (Å²) in [5, 5.41) is 4.28. The van der Waals surface area contributed by atoms with Crippen molar-refractivity contribution in [1.82, 2.24) is 10.3 Å². The molecule has 4 bridgehead atoms. The van der Waals surface area contributed by atoms with Gasteiger partial charge in [0.15, 0.2) is 0 Å². The summed E-state index contributed by atoms with van der Waals surface area (Å²) in [6, 6.07) is 0.267. The van der Waals surface area contributed by atoms with E-state index < -0.39 is 0 Å². The van der Waals surface area contributed by atoms with Crippen LogP contribution in [0.15, 0.2) is 0 Å². The third-order valence-electron chi connectivity index (χ3n) is 4.84. The van der Waals surface area contributed by atoms with Gasteiger partial charge in [0.25, 0.3) is 0 Å². The third-order valence-corrected chi connectivity index (χ3v) is 4.84. The van der Waals surface area contributed by atoms with Crippen LogP contribution in [-0.4, -0.2) is 24.1 Å². The monoisotopic (exact) mass is 223 g/mol. The van der Waals surface area contributed by atoms with Crippen LogP contribution in [-0.2, 0) is 0 Å². The highest BCUT2D eigenvalue weighted by atomic mass is 16.2. The van der Waals surface area contributed by atoms with Gasteiger partial charge in [-0.15, -0.1) is 0 Å². The van der Waals surface area contributed by atoms with Crippen molar-refractivity contribution in [3.05, 3.63) is 0 Å². The largest absolute Gasteiger partial charge is 0.334 e. The van der Waals surface area contributed by atoms with Crippen molar-refractivity contribution in [1.29, 1.82) is 0 Å². The number of amides is 2. The number of hydrogen-bond acceptors (Lipinski definition) is 2. The molecule has 4 rings (SSSR count). The van der Waals surface area contributed by atoms with Crippen LogP contribution >= 0.6 is 0 Å². The minimum Gasteiger partial charge on any atom is -0.334 e. The van der Waals surface area contributed by atoms with Gasteiger partial charge in [0.2, 0.25) is 0 Å². The van der Waals surface area contributed by atoms with Gasteiger partial charge in [0.05, 0.1) is 0 Å². The van der Waals surface area contributed by atoms with Crippen LogP contribution in [0.2, 0.25) is 0 Å². The van der Waals surface area contributed by atoms with E-state index in [4.69, 9.17) is 5.84 Å². The Bertz CT molecular complexity index is 275. The summed E-state index contributed by atoms with van der Waals surface area (Å²) < 4.78 is 0. The van der Waals surface area contributed by atoms with Crippen LogP contribution in [0.4, 0.5) is 4.79 Å². The van der Waals surface area contributed by atoms with Crippen LogP contribution in [0.3, 0.4) is 0 Å². The molecule has 3 N–H and O–H groups in total. The lowest BCUT2D eigenvalue weighted by Crippen LogP contribution is -2.58. The molecule has 0 atom stereocenters. The molecule has 90 valence electrons. The van der Waals surface area contributed by atoms with Gasteiger partial charge in [-0.3, -0.25) is 5.01 Å². The molecule has 0 aromatic carbocycles. The van der Waals surface area contributed by atoms with Crippen molar-refractivity contribution in [2.75, 3.05) is 7.05 Å². The number of carbonyl (C=O) groups is 1. The summed E-state index contributed by atoms with van der Waals surface area (Å²) >= 11 is 0. The van der Waals surface area contributed by atoms with Gasteiger partial charge in [-0.05, 0) is 55.8 Å². The van der Waals surface area contributed by atoms with Gasteiger partial charge in [-0.25, -0.2) is 10.6 Å². The first-order valence-corrected chi connectivity index (χ1v) is 6.42. The van der Waals surface area contributed by atoms with Crippen molar-refractivity contribution in [3.8, 4) is 0 Å². The van der Waals surface area contributed by atoms with E-state index in [9.17, 15) is 4.79 Å². The fourth-order valence-corrected chi connectivity index (χ4v) is 4.41. The highest BCUT2D eigenvalue weighted by molar-refractivity contribution is 5.73. The maximum atomic E-state index is 11.6. The third kappa shape index (κ3) is 1.59. The minimum atomic E-state index is -0.127. The molecule has 4 nitrogen and oxygen atoms in total. The van der Waals surface area contributed by atoms with E-state index in [1.165, 1.54) is 32.1 Å². The van der Waals surface area contributed by atoms with Gasteiger partial charge in [-0.2, -0.15) is 0 Å². The van der Waals surface area contributed by atoms with E-state index >= 15 is 0 Å². The van der Waals surface area contributed by atoms with Crippen molar-refractivity contribution in [2.24, 2.45) is 29.5 Å². The van der Waals surface area contributed by atoms with Crippen molar-refractivity contribution >= 4 is 6.03 Å². The first kappa shape index (κ1) is 10.4. The van der Waals surface area contributed by atoms with E-state index in [0.717, 1.165) is 28.7 Å². The fraction of sp³-hybridized carbons (Fsp3) is 0.917. The molecule has 4 heteroatoms. The molecule has 4 fully saturated rings. The highest BCUT2D eigenvalue weighted by Crippen LogP contribution is 2.53. The maximum Gasteiger partial charge on any atom is 0.331 e. The first-order valence-electron chi connectivity index (χ1n) is 6.42. The first-order chi connectivity index (χ1) is 7.63. The highest BCUT2D eigenvalue weighted by Gasteiger charge is 2.48. The Morgan fingerprint density at radius 2 is 1.62 bits per heavy atom. The predicted octanol–water partition coefficient (Wildman–Crippen LogP) is 1.33. The second-order valence-corrected chi connectivity index (χ2v) is 6.02. The average molecular weight is 223 g/mol. The van der Waals surface area contributed by atoms with Crippen LogP contribution < -0.4 is 11.2 Å². The second-order valence-electron chi connectivity index (χ2n) is 6.02. The fourth-order valence-electron chi connectivity index (χ4n) is 4.41. The summed E-state index contributed by atoms with van der Waals surface area (Å²) in [6.07, 6.45) is 6.75. The zero-order chi connectivity index (χ0) is 11.3. The summed E-state index contributed by atoms with van der Waals surface area (Å²) in [5.74, 6) is 8.81. The average Bonchev–Trinajstić information content (AvgIpc) is 2.21. The molecule has 4 saturated carbocycles. The SMILES string of the molecule is CN(N)C(=O)NC1C2CC3CC(C2)CC1C3. The predicted molar refractivity (Wildman–Crippen MR) is 61.3 cm³/mol. The molecule has 0 spiro atoms. The topological polar surface area (TPSA) is 58.4 Å². The summed E-state index contributed by atoms with van der Waals surface area (Å²) in [5.41, 5.74) is 0. The minimum absolute atomic E-state index is 0.127. The van der Waals surface area contributed by atoms with Crippen LogP contribution in [0.25, 0.3) is 0 Å². The van der Waals surface area contributed by atoms with Gasteiger partial charge >= 0.3 is 6.03 Å². The molecular weight excluding hydrogens is 202 g/mol. The second kappa shape index (κ2) is 3.62. The molecule has 0 aromatic rings. The normalized spacial score (nSPS) is 44.5. The van der Waals surface area contributed by atoms with Gasteiger partial charge in [-0.1, -0.05) is 0 Å². The molecule has 0 saturated heterocycles. The van der Waals surface area contributed by atoms with E-state index in [1.807, 2.05) is 0 Å². The van der Waals surface area contributed by atoms with Gasteiger partial charge in [0.1, 0.15) is 0 Å². The maximum absolute atomic E-state index is 11.6. The number of hydrazine groups is 1. The Morgan fingerprint density at radius 3 is 2.06 bits per heavy atom. The molecule has 4 aliphatic carbocycles. The molecule has 4 aliphatic rings. The lowest BCUT2D eigenvalue weighted by molar-refractivity contribution is -0.0107. The van der Waals surface area contributed by atoms with Crippen LogP contribution in [0.5, 0.6) is 0 Å². The van der Waals surface area contributed by atoms with Crippen molar-refractivity contribution in [2.45, 2.75) is 38.1 Å². The summed E-state index contributed by atoms with van der Waals surface area (Å²) in [4.78, 5) is 11.6. The smallest absolute Gasteiger partial charge is 0.331 e. The van der Waals surface area contributed by atoms with Crippen LogP contribution in [0, 0.1) is 23.7 Å². The number of nitrogens with two attached hydrogens (primary N) is 1. The quantitative estimate of drug-likeness (QED) is 0.400. The van der Waals surface area contributed by atoms with Gasteiger partial charge < -0.3 is 5.32 Å². The van der Waals surface area contributed by atoms with Crippen LogP contribution in [0.1, 0.15) is 32.1 Å². The van der Waals surface area contributed by atoms with E-state index in [2.05, 4.69) is 5.32 Å². The molecule has 0 heterocycles. The van der Waals surface area contributed by atoms with Crippen molar-refractivity contribution in [3.63, 3.8) is 0 Å². The summed E-state index contributed by atoms with van der Waals surface area (Å²) in [6.45, 7) is 0. The number of nitrogens with zero attached hydrogens (tertiary/aromatic N) is 1. The molecular formula is C12H21N3O. The Hall–Kier alpha value is -0.770. The summed E-state index contributed by atoms with van der Waals surface area (Å²) in [7, 11) is 1.60. The molecule has 0 aliphatic heterocycles. The Labute approximate surface area is 96.5 Å². The molecule has 0 aromatic heterocycles. The molecule has 2 amide bonds. The number of hydrogen-bond donors (Lipinski definition) is 2. The zero-order valence-electron chi connectivity index (χ0n) is 9.86. The standard InChI is InChI=1S/C12H21N3O/c1-15(13)12(16)14-11-9-3-7-2-8(5-9)6-10(11)4-7/h7-11H,2-6,13H2,1H3,(H,14,16). The molecule has 16 heavy (non-hydrogen) atoms. The number of rotatable bonds is 1. The van der Waals surface area contributed by atoms with E-state index in [0.29, 0.717) is 6.04 Å². The van der Waals surface area contributed by atoms with E-state index in [-0.39, 0.29) is 6.03 Å². The Morgan fingerprint density at radius 1 is 1.12 bits per heavy atom. The number of urea groups is 1.